The van der Waals surface area contributed by atoms with Crippen LogP contribution < -0.4 is 14.2 Å². The lowest BCUT2D eigenvalue weighted by Crippen LogP contribution is -2.21. The molecule has 1 aliphatic rings. The largest absolute Gasteiger partial charge is 0.488 e. The van der Waals surface area contributed by atoms with E-state index in [4.69, 9.17) is 14.2 Å². The Hall–Kier alpha value is -2.20. The number of ether oxygens (including phenoxy) is 3. The molecule has 2 atom stereocenters. The van der Waals surface area contributed by atoms with E-state index in [0.29, 0.717) is 17.2 Å². The van der Waals surface area contributed by atoms with Crippen molar-refractivity contribution in [3.63, 3.8) is 0 Å². The first kappa shape index (κ1) is 12.8. The van der Waals surface area contributed by atoms with Gasteiger partial charge in [-0.05, 0) is 24.6 Å². The zero-order valence-electron chi connectivity index (χ0n) is 11.2. The van der Waals surface area contributed by atoms with E-state index in [-0.39, 0.29) is 12.9 Å². The summed E-state index contributed by atoms with van der Waals surface area (Å²) in [6.45, 7) is 2.07. The second-order valence-electron chi connectivity index (χ2n) is 4.69. The summed E-state index contributed by atoms with van der Waals surface area (Å²) in [5.41, 5.74) is 0.834. The summed E-state index contributed by atoms with van der Waals surface area (Å²) >= 11 is 0. The van der Waals surface area contributed by atoms with Crippen LogP contribution in [0, 0.1) is 0 Å². The lowest BCUT2D eigenvalue weighted by atomic mass is 10.1. The number of benzene rings is 2. The molecule has 0 radical (unpaired) electrons. The number of fused-ring (bicyclic) bond motifs is 1. The van der Waals surface area contributed by atoms with Gasteiger partial charge in [0.25, 0.3) is 0 Å². The van der Waals surface area contributed by atoms with Crippen LogP contribution in [0.3, 0.4) is 0 Å². The molecule has 4 heteroatoms. The minimum atomic E-state index is -0.679. The Morgan fingerprint density at radius 1 is 1.05 bits per heavy atom. The Balaban J connectivity index is 1.71. The van der Waals surface area contributed by atoms with Gasteiger partial charge < -0.3 is 19.3 Å². The van der Waals surface area contributed by atoms with Gasteiger partial charge in [0.15, 0.2) is 11.5 Å². The molecular weight excluding hydrogens is 256 g/mol. The molecular formula is C16H16O4. The molecule has 0 spiro atoms. The van der Waals surface area contributed by atoms with Crippen molar-refractivity contribution in [3.05, 3.63) is 54.1 Å². The second-order valence-corrected chi connectivity index (χ2v) is 4.69. The van der Waals surface area contributed by atoms with Crippen LogP contribution >= 0.6 is 0 Å². The first-order chi connectivity index (χ1) is 9.74. The Bertz CT molecular complexity index is 582. The maximum Gasteiger partial charge on any atom is 0.231 e. The molecule has 1 heterocycles. The van der Waals surface area contributed by atoms with E-state index in [9.17, 15) is 5.11 Å². The highest BCUT2D eigenvalue weighted by Crippen LogP contribution is 2.36. The van der Waals surface area contributed by atoms with Crippen LogP contribution in [0.4, 0.5) is 0 Å². The van der Waals surface area contributed by atoms with E-state index < -0.39 is 6.10 Å². The third kappa shape index (κ3) is 2.56. The Morgan fingerprint density at radius 3 is 2.60 bits per heavy atom. The van der Waals surface area contributed by atoms with Crippen LogP contribution in [-0.2, 0) is 0 Å². The van der Waals surface area contributed by atoms with E-state index in [1.807, 2.05) is 43.3 Å². The third-order valence-corrected chi connectivity index (χ3v) is 3.25. The van der Waals surface area contributed by atoms with Crippen molar-refractivity contribution < 1.29 is 19.3 Å². The van der Waals surface area contributed by atoms with Crippen molar-refractivity contribution in [2.45, 2.75) is 19.1 Å². The van der Waals surface area contributed by atoms with Gasteiger partial charge in [-0.25, -0.2) is 0 Å². The first-order valence-corrected chi connectivity index (χ1v) is 6.53. The van der Waals surface area contributed by atoms with E-state index in [2.05, 4.69) is 0 Å². The summed E-state index contributed by atoms with van der Waals surface area (Å²) in [6.07, 6.45) is -1.04. The van der Waals surface area contributed by atoms with Gasteiger partial charge in [0.05, 0.1) is 0 Å². The molecule has 0 bridgehead atoms. The lowest BCUT2D eigenvalue weighted by Gasteiger charge is -2.21. The molecule has 20 heavy (non-hydrogen) atoms. The smallest absolute Gasteiger partial charge is 0.231 e. The summed E-state index contributed by atoms with van der Waals surface area (Å²) in [6, 6.07) is 14.9. The maximum absolute atomic E-state index is 10.3. The molecule has 104 valence electrons. The van der Waals surface area contributed by atoms with E-state index in [0.717, 1.165) is 5.56 Å². The van der Waals surface area contributed by atoms with Gasteiger partial charge in [0, 0.05) is 6.07 Å². The van der Waals surface area contributed by atoms with Gasteiger partial charge in [-0.1, -0.05) is 30.3 Å². The van der Waals surface area contributed by atoms with Crippen molar-refractivity contribution in [2.75, 3.05) is 6.79 Å². The van der Waals surface area contributed by atoms with Crippen LogP contribution in [0.1, 0.15) is 18.6 Å². The summed E-state index contributed by atoms with van der Waals surface area (Å²) in [5.74, 6) is 2.04. The number of rotatable bonds is 4. The fraction of sp³-hybridized carbons (Fsp3) is 0.250. The lowest BCUT2D eigenvalue weighted by molar-refractivity contribution is 0.0466. The van der Waals surface area contributed by atoms with Crippen LogP contribution in [0.5, 0.6) is 17.2 Å². The van der Waals surface area contributed by atoms with Gasteiger partial charge in [-0.15, -0.1) is 0 Å². The summed E-state index contributed by atoms with van der Waals surface area (Å²) in [7, 11) is 0. The molecule has 3 rings (SSSR count). The standard InChI is InChI=1S/C16H16O4/c1-11(16(17)12-5-3-2-4-6-12)20-13-7-8-14-15(9-13)19-10-18-14/h2-9,11,16-17H,10H2,1H3. The fourth-order valence-corrected chi connectivity index (χ4v) is 2.15. The zero-order chi connectivity index (χ0) is 13.9. The number of aliphatic hydroxyl groups is 1. The first-order valence-electron chi connectivity index (χ1n) is 6.53. The average Bonchev–Trinajstić information content (AvgIpc) is 2.95. The Kier molecular flexibility index (Phi) is 3.48. The minimum absolute atomic E-state index is 0.237. The molecule has 2 aromatic rings. The molecule has 0 aromatic heterocycles. The molecule has 0 saturated heterocycles. The molecule has 0 fully saturated rings. The van der Waals surface area contributed by atoms with Crippen molar-refractivity contribution in [2.24, 2.45) is 0 Å². The van der Waals surface area contributed by atoms with Gasteiger partial charge in [-0.3, -0.25) is 0 Å². The van der Waals surface area contributed by atoms with Crippen LogP contribution in [-0.4, -0.2) is 18.0 Å². The van der Waals surface area contributed by atoms with Gasteiger partial charge >= 0.3 is 0 Å². The average molecular weight is 272 g/mol. The topological polar surface area (TPSA) is 47.9 Å². The highest BCUT2D eigenvalue weighted by molar-refractivity contribution is 5.47. The van der Waals surface area contributed by atoms with E-state index >= 15 is 0 Å². The maximum atomic E-state index is 10.3. The Labute approximate surface area is 117 Å². The van der Waals surface area contributed by atoms with E-state index in [1.165, 1.54) is 0 Å². The highest BCUT2D eigenvalue weighted by atomic mass is 16.7. The second kappa shape index (κ2) is 5.43. The van der Waals surface area contributed by atoms with E-state index in [1.54, 1.807) is 12.1 Å². The quantitative estimate of drug-likeness (QED) is 0.929. The predicted molar refractivity (Wildman–Crippen MR) is 74.1 cm³/mol. The third-order valence-electron chi connectivity index (χ3n) is 3.25. The molecule has 0 amide bonds. The molecule has 2 aromatic carbocycles. The number of aliphatic hydroxyl groups excluding tert-OH is 1. The van der Waals surface area contributed by atoms with Crippen LogP contribution in [0.2, 0.25) is 0 Å². The van der Waals surface area contributed by atoms with Crippen molar-refractivity contribution in [1.29, 1.82) is 0 Å². The zero-order valence-corrected chi connectivity index (χ0v) is 11.2. The SMILES string of the molecule is CC(Oc1ccc2c(c1)OCO2)C(O)c1ccccc1. The monoisotopic (exact) mass is 272 g/mol. The van der Waals surface area contributed by atoms with Crippen molar-refractivity contribution in [1.82, 2.24) is 0 Å². The van der Waals surface area contributed by atoms with Crippen LogP contribution in [0.25, 0.3) is 0 Å². The molecule has 1 N–H and O–H groups in total. The van der Waals surface area contributed by atoms with Gasteiger partial charge in [0.1, 0.15) is 18.0 Å². The number of hydrogen-bond acceptors (Lipinski definition) is 4. The van der Waals surface area contributed by atoms with Crippen LogP contribution in [0.15, 0.2) is 48.5 Å². The highest BCUT2D eigenvalue weighted by Gasteiger charge is 2.19. The van der Waals surface area contributed by atoms with Gasteiger partial charge in [0.2, 0.25) is 6.79 Å². The molecule has 0 saturated carbocycles. The molecule has 2 unspecified atom stereocenters. The van der Waals surface area contributed by atoms with Gasteiger partial charge in [-0.2, -0.15) is 0 Å². The number of hydrogen-bond donors (Lipinski definition) is 1. The molecule has 4 nitrogen and oxygen atoms in total. The fourth-order valence-electron chi connectivity index (χ4n) is 2.15. The molecule has 0 aliphatic carbocycles. The molecule has 1 aliphatic heterocycles. The van der Waals surface area contributed by atoms with Crippen molar-refractivity contribution >= 4 is 0 Å². The normalized spacial score (nSPS) is 15.7. The Morgan fingerprint density at radius 2 is 1.80 bits per heavy atom. The minimum Gasteiger partial charge on any atom is -0.488 e. The van der Waals surface area contributed by atoms with Crippen molar-refractivity contribution in [3.8, 4) is 17.2 Å². The summed E-state index contributed by atoms with van der Waals surface area (Å²) in [5, 5.41) is 10.3. The predicted octanol–water partition coefficient (Wildman–Crippen LogP) is 2.92. The summed E-state index contributed by atoms with van der Waals surface area (Å²) in [4.78, 5) is 0. The summed E-state index contributed by atoms with van der Waals surface area (Å²) < 4.78 is 16.3.